The van der Waals surface area contributed by atoms with Gasteiger partial charge in [-0.2, -0.15) is 9.61 Å². The molecule has 0 aliphatic heterocycles. The average Bonchev–Trinajstić information content (AvgIpc) is 3.20. The van der Waals surface area contributed by atoms with Crippen molar-refractivity contribution < 1.29 is 4.90 Å². The number of quaternary nitrogens is 1. The summed E-state index contributed by atoms with van der Waals surface area (Å²) < 4.78 is 2.01. The predicted octanol–water partition coefficient (Wildman–Crippen LogP) is 1.75. The Labute approximate surface area is 148 Å². The fourth-order valence-electron chi connectivity index (χ4n) is 3.55. The van der Waals surface area contributed by atoms with E-state index in [4.69, 9.17) is 10.1 Å². The number of aryl methyl sites for hydroxylation is 2. The molecule has 0 spiro atoms. The van der Waals surface area contributed by atoms with E-state index in [-0.39, 0.29) is 0 Å². The molecule has 1 aliphatic rings. The first-order chi connectivity index (χ1) is 12.1. The molecular weight excluding hydrogens is 310 g/mol. The number of rotatable bonds is 5. The highest BCUT2D eigenvalue weighted by Gasteiger charge is 2.21. The highest BCUT2D eigenvalue weighted by molar-refractivity contribution is 5.67. The van der Waals surface area contributed by atoms with Crippen LogP contribution in [0.4, 0.5) is 5.82 Å². The summed E-state index contributed by atoms with van der Waals surface area (Å²) in [6, 6.07) is 10.6. The summed E-state index contributed by atoms with van der Waals surface area (Å²) in [5, 5.41) is 8.52. The largest absolute Gasteiger partial charge is 0.364 e. The van der Waals surface area contributed by atoms with Crippen molar-refractivity contribution in [2.45, 2.75) is 26.2 Å². The van der Waals surface area contributed by atoms with Crippen LogP contribution in [0.3, 0.4) is 0 Å². The van der Waals surface area contributed by atoms with Crippen molar-refractivity contribution in [2.24, 2.45) is 0 Å². The van der Waals surface area contributed by atoms with Crippen LogP contribution in [0.1, 0.15) is 23.2 Å². The summed E-state index contributed by atoms with van der Waals surface area (Å²) in [6.45, 7) is 4.13. The van der Waals surface area contributed by atoms with Gasteiger partial charge in [-0.05, 0) is 32.3 Å². The van der Waals surface area contributed by atoms with E-state index in [0.717, 1.165) is 48.7 Å². The number of nitrogens with zero attached hydrogens (tertiary/aromatic N) is 3. The van der Waals surface area contributed by atoms with Crippen molar-refractivity contribution in [1.29, 1.82) is 0 Å². The van der Waals surface area contributed by atoms with Crippen LogP contribution in [0.25, 0.3) is 16.9 Å². The van der Waals surface area contributed by atoms with E-state index in [1.165, 1.54) is 28.1 Å². The van der Waals surface area contributed by atoms with Crippen LogP contribution in [0.2, 0.25) is 0 Å². The third-order valence-corrected chi connectivity index (χ3v) is 4.86. The normalized spacial score (nSPS) is 13.6. The minimum absolute atomic E-state index is 0.938. The SMILES string of the molecule is Cc1cccc(-c2cc3nc4c(c(NCC[NH+](C)C)n3n2)CCC4)c1. The van der Waals surface area contributed by atoms with E-state index < -0.39 is 0 Å². The van der Waals surface area contributed by atoms with Crippen molar-refractivity contribution in [3.8, 4) is 11.3 Å². The Morgan fingerprint density at radius 3 is 2.88 bits per heavy atom. The molecule has 0 bridgehead atoms. The van der Waals surface area contributed by atoms with Crippen molar-refractivity contribution in [3.05, 3.63) is 47.2 Å². The number of nitrogens with one attached hydrogen (secondary N) is 2. The molecule has 2 N–H and O–H groups in total. The zero-order valence-electron chi connectivity index (χ0n) is 15.3. The molecule has 0 saturated heterocycles. The van der Waals surface area contributed by atoms with Gasteiger partial charge in [0.25, 0.3) is 0 Å². The standard InChI is InChI=1S/C20H25N5/c1-14-6-4-7-15(12-14)18-13-19-22-17-9-5-8-16(17)20(25(19)23-18)21-10-11-24(2)3/h4,6-7,12-13,21H,5,8-11H2,1-3H3/p+1. The number of hydrogen-bond donors (Lipinski definition) is 2. The maximum absolute atomic E-state index is 4.88. The van der Waals surface area contributed by atoms with Gasteiger partial charge in [-0.15, -0.1) is 0 Å². The van der Waals surface area contributed by atoms with Crippen LogP contribution in [0.5, 0.6) is 0 Å². The second-order valence-electron chi connectivity index (χ2n) is 7.29. The Hall–Kier alpha value is -2.40. The fraction of sp³-hybridized carbons (Fsp3) is 0.400. The summed E-state index contributed by atoms with van der Waals surface area (Å²) in [5.41, 5.74) is 6.91. The maximum Gasteiger partial charge on any atom is 0.158 e. The predicted molar refractivity (Wildman–Crippen MR) is 101 cm³/mol. The van der Waals surface area contributed by atoms with E-state index >= 15 is 0 Å². The van der Waals surface area contributed by atoms with Gasteiger partial charge in [-0.1, -0.05) is 23.8 Å². The molecule has 0 amide bonds. The molecule has 0 unspecified atom stereocenters. The van der Waals surface area contributed by atoms with Crippen LogP contribution >= 0.6 is 0 Å². The molecule has 5 nitrogen and oxygen atoms in total. The molecule has 0 radical (unpaired) electrons. The number of likely N-dealkylation sites (N-methyl/N-ethyl adjacent to an activating group) is 1. The number of fused-ring (bicyclic) bond motifs is 2. The van der Waals surface area contributed by atoms with Crippen LogP contribution < -0.4 is 10.2 Å². The van der Waals surface area contributed by atoms with E-state index in [9.17, 15) is 0 Å². The second-order valence-corrected chi connectivity index (χ2v) is 7.29. The number of anilines is 1. The third-order valence-electron chi connectivity index (χ3n) is 4.86. The molecule has 0 saturated carbocycles. The Bertz CT molecular complexity index is 910. The van der Waals surface area contributed by atoms with Gasteiger partial charge in [0, 0.05) is 22.9 Å². The maximum atomic E-state index is 4.88. The van der Waals surface area contributed by atoms with Gasteiger partial charge in [0.2, 0.25) is 0 Å². The minimum Gasteiger partial charge on any atom is -0.364 e. The Kier molecular flexibility index (Phi) is 4.17. The monoisotopic (exact) mass is 336 g/mol. The van der Waals surface area contributed by atoms with Crippen molar-refractivity contribution >= 4 is 11.5 Å². The van der Waals surface area contributed by atoms with Crippen LogP contribution in [0.15, 0.2) is 30.3 Å². The lowest BCUT2D eigenvalue weighted by Gasteiger charge is -2.14. The van der Waals surface area contributed by atoms with Gasteiger partial charge >= 0.3 is 0 Å². The lowest BCUT2D eigenvalue weighted by Crippen LogP contribution is -3.06. The first-order valence-corrected chi connectivity index (χ1v) is 9.13. The van der Waals surface area contributed by atoms with E-state index in [1.54, 1.807) is 0 Å². The molecule has 0 atom stereocenters. The molecule has 4 rings (SSSR count). The van der Waals surface area contributed by atoms with Gasteiger partial charge in [-0.3, -0.25) is 0 Å². The second kappa shape index (κ2) is 6.48. The Balaban J connectivity index is 1.78. The zero-order chi connectivity index (χ0) is 17.4. The van der Waals surface area contributed by atoms with Gasteiger partial charge < -0.3 is 10.2 Å². The quantitative estimate of drug-likeness (QED) is 0.746. The molecular formula is C20H26N5+. The highest BCUT2D eigenvalue weighted by Crippen LogP contribution is 2.30. The Morgan fingerprint density at radius 1 is 1.20 bits per heavy atom. The van der Waals surface area contributed by atoms with Gasteiger partial charge in [0.05, 0.1) is 32.9 Å². The molecule has 1 aromatic carbocycles. The summed E-state index contributed by atoms with van der Waals surface area (Å²) in [5.74, 6) is 1.14. The van der Waals surface area contributed by atoms with Gasteiger partial charge in [-0.25, -0.2) is 4.98 Å². The smallest absolute Gasteiger partial charge is 0.158 e. The summed E-state index contributed by atoms with van der Waals surface area (Å²) >= 11 is 0. The van der Waals surface area contributed by atoms with Crippen molar-refractivity contribution in [2.75, 3.05) is 32.5 Å². The lowest BCUT2D eigenvalue weighted by molar-refractivity contribution is -0.856. The van der Waals surface area contributed by atoms with E-state index in [0.29, 0.717) is 0 Å². The molecule has 130 valence electrons. The summed E-state index contributed by atoms with van der Waals surface area (Å²) in [4.78, 5) is 6.32. The first kappa shape index (κ1) is 16.1. The number of aromatic nitrogens is 3. The Morgan fingerprint density at radius 2 is 2.08 bits per heavy atom. The highest BCUT2D eigenvalue weighted by atomic mass is 15.3. The lowest BCUT2D eigenvalue weighted by atomic mass is 10.1. The van der Waals surface area contributed by atoms with E-state index in [1.807, 2.05) is 4.52 Å². The average molecular weight is 336 g/mol. The molecule has 2 heterocycles. The van der Waals surface area contributed by atoms with Crippen LogP contribution in [-0.4, -0.2) is 41.8 Å². The summed E-state index contributed by atoms with van der Waals surface area (Å²) in [7, 11) is 4.36. The molecule has 2 aromatic heterocycles. The number of benzene rings is 1. The van der Waals surface area contributed by atoms with Crippen LogP contribution in [-0.2, 0) is 12.8 Å². The molecule has 1 aliphatic carbocycles. The number of hydrogen-bond acceptors (Lipinski definition) is 3. The third kappa shape index (κ3) is 3.12. The minimum atomic E-state index is 0.938. The topological polar surface area (TPSA) is 46.7 Å². The fourth-order valence-corrected chi connectivity index (χ4v) is 3.55. The molecule has 0 fully saturated rings. The van der Waals surface area contributed by atoms with Crippen molar-refractivity contribution in [3.63, 3.8) is 0 Å². The molecule has 5 heteroatoms. The van der Waals surface area contributed by atoms with Gasteiger partial charge in [0.15, 0.2) is 5.65 Å². The zero-order valence-corrected chi connectivity index (χ0v) is 15.3. The van der Waals surface area contributed by atoms with Crippen molar-refractivity contribution in [1.82, 2.24) is 14.6 Å². The summed E-state index contributed by atoms with van der Waals surface area (Å²) in [6.07, 6.45) is 3.35. The first-order valence-electron chi connectivity index (χ1n) is 9.13. The van der Waals surface area contributed by atoms with Crippen LogP contribution in [0, 0.1) is 6.92 Å². The van der Waals surface area contributed by atoms with E-state index in [2.05, 4.69) is 56.7 Å². The molecule has 25 heavy (non-hydrogen) atoms. The molecule has 3 aromatic rings. The van der Waals surface area contributed by atoms with Gasteiger partial charge in [0.1, 0.15) is 5.82 Å².